The number of likely N-dealkylation sites (N-methyl/N-ethyl adjacent to an activating group) is 1. The summed E-state index contributed by atoms with van der Waals surface area (Å²) in [5.74, 6) is 0.833. The molecule has 0 amide bonds. The molecular formula is C17H22N4. The van der Waals surface area contributed by atoms with Gasteiger partial charge in [-0.3, -0.25) is 9.80 Å². The Hall–Kier alpha value is -1.78. The number of rotatable bonds is 3. The van der Waals surface area contributed by atoms with E-state index < -0.39 is 0 Å². The lowest BCUT2D eigenvalue weighted by atomic mass is 10.0. The fraction of sp³-hybridized carbons (Fsp3) is 0.412. The predicted octanol–water partition coefficient (Wildman–Crippen LogP) is 2.27. The van der Waals surface area contributed by atoms with Crippen molar-refractivity contribution in [2.24, 2.45) is 0 Å². The number of aryl methyl sites for hydroxylation is 1. The van der Waals surface area contributed by atoms with E-state index in [9.17, 15) is 0 Å². The number of benzene rings is 1. The average Bonchev–Trinajstić information content (AvgIpc) is 2.52. The van der Waals surface area contributed by atoms with Crippen LogP contribution in [-0.2, 0) is 6.54 Å². The van der Waals surface area contributed by atoms with Crippen LogP contribution in [0.3, 0.4) is 0 Å². The normalized spacial score (nSPS) is 20.6. The van der Waals surface area contributed by atoms with Gasteiger partial charge in [-0.05, 0) is 19.5 Å². The second-order valence-electron chi connectivity index (χ2n) is 5.78. The zero-order valence-electron chi connectivity index (χ0n) is 12.7. The van der Waals surface area contributed by atoms with Crippen LogP contribution in [0.5, 0.6) is 0 Å². The molecule has 4 nitrogen and oxygen atoms in total. The highest BCUT2D eigenvalue weighted by molar-refractivity contribution is 5.20. The van der Waals surface area contributed by atoms with Crippen LogP contribution < -0.4 is 0 Å². The van der Waals surface area contributed by atoms with E-state index in [0.717, 1.165) is 32.0 Å². The maximum atomic E-state index is 4.29. The Morgan fingerprint density at radius 1 is 1.10 bits per heavy atom. The summed E-state index contributed by atoms with van der Waals surface area (Å²) in [7, 11) is 2.21. The maximum absolute atomic E-state index is 4.29. The molecule has 1 aliphatic rings. The first-order chi connectivity index (χ1) is 10.2. The zero-order valence-corrected chi connectivity index (χ0v) is 12.7. The van der Waals surface area contributed by atoms with Crippen LogP contribution in [0.1, 0.15) is 23.0 Å². The van der Waals surface area contributed by atoms with Gasteiger partial charge in [0.1, 0.15) is 5.82 Å². The van der Waals surface area contributed by atoms with Crippen molar-refractivity contribution in [3.05, 3.63) is 59.7 Å². The molecule has 0 N–H and O–H groups in total. The van der Waals surface area contributed by atoms with Gasteiger partial charge in [-0.15, -0.1) is 0 Å². The molecule has 21 heavy (non-hydrogen) atoms. The molecule has 0 bridgehead atoms. The van der Waals surface area contributed by atoms with Gasteiger partial charge >= 0.3 is 0 Å². The topological polar surface area (TPSA) is 32.3 Å². The van der Waals surface area contributed by atoms with Gasteiger partial charge in [-0.2, -0.15) is 0 Å². The first-order valence-corrected chi connectivity index (χ1v) is 7.47. The van der Waals surface area contributed by atoms with E-state index in [1.54, 1.807) is 0 Å². The molecule has 4 heteroatoms. The summed E-state index contributed by atoms with van der Waals surface area (Å²) in [5.41, 5.74) is 2.59. The lowest BCUT2D eigenvalue weighted by Crippen LogP contribution is -2.46. The SMILES string of the molecule is Cc1ncc(CN2CCN(C)[C@@H](c3ccccc3)C2)cn1. The molecule has 1 aromatic heterocycles. The highest BCUT2D eigenvalue weighted by Crippen LogP contribution is 2.24. The van der Waals surface area contributed by atoms with Crippen LogP contribution in [0.2, 0.25) is 0 Å². The molecule has 0 spiro atoms. The van der Waals surface area contributed by atoms with E-state index >= 15 is 0 Å². The van der Waals surface area contributed by atoms with Crippen molar-refractivity contribution in [3.8, 4) is 0 Å². The molecular weight excluding hydrogens is 260 g/mol. The molecule has 1 saturated heterocycles. The van der Waals surface area contributed by atoms with Crippen LogP contribution in [0.15, 0.2) is 42.7 Å². The molecule has 0 radical (unpaired) electrons. The second-order valence-corrected chi connectivity index (χ2v) is 5.78. The van der Waals surface area contributed by atoms with Crippen LogP contribution in [0.4, 0.5) is 0 Å². The summed E-state index contributed by atoms with van der Waals surface area (Å²) in [4.78, 5) is 13.5. The Labute approximate surface area is 126 Å². The monoisotopic (exact) mass is 282 g/mol. The summed E-state index contributed by atoms with van der Waals surface area (Å²) in [5, 5.41) is 0. The molecule has 110 valence electrons. The number of piperazine rings is 1. The minimum Gasteiger partial charge on any atom is -0.297 e. The Balaban J connectivity index is 1.69. The Bertz CT molecular complexity index is 567. The molecule has 1 fully saturated rings. The highest BCUT2D eigenvalue weighted by Gasteiger charge is 2.25. The average molecular weight is 282 g/mol. The van der Waals surface area contributed by atoms with Gasteiger partial charge in [0.2, 0.25) is 0 Å². The quantitative estimate of drug-likeness (QED) is 0.864. The third-order valence-electron chi connectivity index (χ3n) is 4.16. The van der Waals surface area contributed by atoms with Crippen LogP contribution >= 0.6 is 0 Å². The molecule has 2 aromatic rings. The lowest BCUT2D eigenvalue weighted by molar-refractivity contribution is 0.0903. The zero-order chi connectivity index (χ0) is 14.7. The smallest absolute Gasteiger partial charge is 0.125 e. The first-order valence-electron chi connectivity index (χ1n) is 7.47. The summed E-state index contributed by atoms with van der Waals surface area (Å²) in [6, 6.07) is 11.2. The summed E-state index contributed by atoms with van der Waals surface area (Å²) < 4.78 is 0. The van der Waals surface area contributed by atoms with E-state index in [1.165, 1.54) is 11.1 Å². The minimum atomic E-state index is 0.464. The highest BCUT2D eigenvalue weighted by atomic mass is 15.3. The van der Waals surface area contributed by atoms with Crippen molar-refractivity contribution in [3.63, 3.8) is 0 Å². The minimum absolute atomic E-state index is 0.464. The van der Waals surface area contributed by atoms with Gasteiger partial charge < -0.3 is 0 Å². The fourth-order valence-corrected chi connectivity index (χ4v) is 2.87. The first kappa shape index (κ1) is 14.2. The van der Waals surface area contributed by atoms with Crippen molar-refractivity contribution in [1.82, 2.24) is 19.8 Å². The van der Waals surface area contributed by atoms with Crippen molar-refractivity contribution in [2.45, 2.75) is 19.5 Å². The molecule has 2 heterocycles. The maximum Gasteiger partial charge on any atom is 0.125 e. The molecule has 1 aromatic carbocycles. The number of aromatic nitrogens is 2. The van der Waals surface area contributed by atoms with Gasteiger partial charge in [-0.25, -0.2) is 9.97 Å². The van der Waals surface area contributed by atoms with E-state index in [4.69, 9.17) is 0 Å². The van der Waals surface area contributed by atoms with E-state index in [2.05, 4.69) is 57.1 Å². The van der Waals surface area contributed by atoms with Crippen LogP contribution in [0.25, 0.3) is 0 Å². The summed E-state index contributed by atoms with van der Waals surface area (Å²) >= 11 is 0. The van der Waals surface area contributed by atoms with Crippen LogP contribution in [-0.4, -0.2) is 46.4 Å². The van der Waals surface area contributed by atoms with Crippen molar-refractivity contribution < 1.29 is 0 Å². The summed E-state index contributed by atoms with van der Waals surface area (Å²) in [6.45, 7) is 6.08. The van der Waals surface area contributed by atoms with Gasteiger partial charge in [-0.1, -0.05) is 30.3 Å². The largest absolute Gasteiger partial charge is 0.297 e. The van der Waals surface area contributed by atoms with Gasteiger partial charge in [0.05, 0.1) is 0 Å². The Morgan fingerprint density at radius 2 is 1.81 bits per heavy atom. The number of hydrogen-bond donors (Lipinski definition) is 0. The second kappa shape index (κ2) is 6.33. The Kier molecular flexibility index (Phi) is 4.27. The molecule has 3 rings (SSSR count). The van der Waals surface area contributed by atoms with Gasteiger partial charge in [0, 0.05) is 50.2 Å². The van der Waals surface area contributed by atoms with Crippen LogP contribution in [0, 0.1) is 6.92 Å². The number of nitrogens with zero attached hydrogens (tertiary/aromatic N) is 4. The summed E-state index contributed by atoms with van der Waals surface area (Å²) in [6.07, 6.45) is 3.89. The van der Waals surface area contributed by atoms with Gasteiger partial charge in [0.15, 0.2) is 0 Å². The molecule has 0 saturated carbocycles. The molecule has 1 aliphatic heterocycles. The number of hydrogen-bond acceptors (Lipinski definition) is 4. The third kappa shape index (κ3) is 3.46. The van der Waals surface area contributed by atoms with Crippen molar-refractivity contribution in [2.75, 3.05) is 26.7 Å². The molecule has 1 atom stereocenters. The van der Waals surface area contributed by atoms with Gasteiger partial charge in [0.25, 0.3) is 0 Å². The third-order valence-corrected chi connectivity index (χ3v) is 4.16. The predicted molar refractivity (Wildman–Crippen MR) is 83.9 cm³/mol. The lowest BCUT2D eigenvalue weighted by Gasteiger charge is -2.39. The van der Waals surface area contributed by atoms with E-state index in [-0.39, 0.29) is 0 Å². The molecule has 0 aliphatic carbocycles. The van der Waals surface area contributed by atoms with E-state index in [0.29, 0.717) is 6.04 Å². The van der Waals surface area contributed by atoms with E-state index in [1.807, 2.05) is 19.3 Å². The Morgan fingerprint density at radius 3 is 2.52 bits per heavy atom. The fourth-order valence-electron chi connectivity index (χ4n) is 2.87. The standard InChI is InChI=1S/C17H22N4/c1-14-18-10-15(11-19-14)12-21-9-8-20(2)17(13-21)16-6-4-3-5-7-16/h3-7,10-11,17H,8-9,12-13H2,1-2H3/t17-/m1/s1. The van der Waals surface area contributed by atoms with Crippen molar-refractivity contribution in [1.29, 1.82) is 0 Å². The molecule has 0 unspecified atom stereocenters. The van der Waals surface area contributed by atoms with Crippen molar-refractivity contribution >= 4 is 0 Å².